The molecule has 2 N–H and O–H groups in total. The topological polar surface area (TPSA) is 60.8 Å². The Morgan fingerprint density at radius 2 is 2.27 bits per heavy atom. The molecular weight excluding hydrogens is 194 g/mol. The van der Waals surface area contributed by atoms with Crippen LogP contribution in [0.2, 0.25) is 0 Å². The molecule has 1 aliphatic rings. The summed E-state index contributed by atoms with van der Waals surface area (Å²) in [6, 6.07) is 6.80. The van der Waals surface area contributed by atoms with Crippen molar-refractivity contribution in [2.24, 2.45) is 0 Å². The number of carboxylic acid groups (broad SMARTS) is 1. The van der Waals surface area contributed by atoms with E-state index in [-0.39, 0.29) is 11.7 Å². The van der Waals surface area contributed by atoms with Gasteiger partial charge >= 0.3 is 5.97 Å². The van der Waals surface area contributed by atoms with Gasteiger partial charge in [-0.05, 0) is 24.6 Å². The van der Waals surface area contributed by atoms with E-state index in [1.54, 1.807) is 18.2 Å². The first-order chi connectivity index (χ1) is 7.16. The molecular formula is C11H13NO3. The molecule has 1 aromatic carbocycles. The second kappa shape index (κ2) is 3.90. The average Bonchev–Trinajstić information content (AvgIpc) is 2.65. The van der Waals surface area contributed by atoms with Gasteiger partial charge in [0.05, 0.1) is 11.7 Å². The predicted molar refractivity (Wildman–Crippen MR) is 56.2 cm³/mol. The minimum atomic E-state index is -0.920. The molecule has 0 aliphatic carbocycles. The first-order valence-corrected chi connectivity index (χ1v) is 4.93. The van der Waals surface area contributed by atoms with Gasteiger partial charge in [-0.1, -0.05) is 6.07 Å². The summed E-state index contributed by atoms with van der Waals surface area (Å²) < 4.78 is 0. The molecule has 1 aromatic rings. The Labute approximate surface area is 87.8 Å². The van der Waals surface area contributed by atoms with Crippen LogP contribution >= 0.6 is 0 Å². The lowest BCUT2D eigenvalue weighted by molar-refractivity contribution is 0.0697. The van der Waals surface area contributed by atoms with Crippen LogP contribution in [-0.4, -0.2) is 35.4 Å². The van der Waals surface area contributed by atoms with Gasteiger partial charge < -0.3 is 15.1 Å². The fraction of sp³-hybridized carbons (Fsp3) is 0.364. The van der Waals surface area contributed by atoms with Crippen molar-refractivity contribution in [2.45, 2.75) is 12.5 Å². The van der Waals surface area contributed by atoms with Crippen molar-refractivity contribution >= 4 is 11.7 Å². The van der Waals surface area contributed by atoms with Crippen molar-refractivity contribution in [1.29, 1.82) is 0 Å². The summed E-state index contributed by atoms with van der Waals surface area (Å²) in [5.41, 5.74) is 1.15. The van der Waals surface area contributed by atoms with Crippen LogP contribution in [0.4, 0.5) is 5.69 Å². The number of anilines is 1. The molecule has 1 atom stereocenters. The lowest BCUT2D eigenvalue weighted by atomic mass is 10.2. The van der Waals surface area contributed by atoms with Gasteiger partial charge in [-0.2, -0.15) is 0 Å². The van der Waals surface area contributed by atoms with Crippen LogP contribution in [0.1, 0.15) is 16.8 Å². The lowest BCUT2D eigenvalue weighted by Crippen LogP contribution is -2.21. The Bertz CT molecular complexity index is 378. The fourth-order valence-electron chi connectivity index (χ4n) is 1.81. The molecule has 80 valence electrons. The molecule has 1 aliphatic heterocycles. The molecule has 0 aromatic heterocycles. The number of aromatic carboxylic acids is 1. The molecule has 4 nitrogen and oxygen atoms in total. The Balaban J connectivity index is 2.21. The number of benzene rings is 1. The number of nitrogens with zero attached hydrogens (tertiary/aromatic N) is 1. The van der Waals surface area contributed by atoms with Crippen LogP contribution in [0.25, 0.3) is 0 Å². The molecule has 0 radical (unpaired) electrons. The highest BCUT2D eigenvalue weighted by molar-refractivity contribution is 5.88. The maximum Gasteiger partial charge on any atom is 0.335 e. The maximum atomic E-state index is 10.8. The van der Waals surface area contributed by atoms with Gasteiger partial charge in [0.2, 0.25) is 0 Å². The second-order valence-corrected chi connectivity index (χ2v) is 3.74. The number of carboxylic acids is 1. The third-order valence-electron chi connectivity index (χ3n) is 2.62. The molecule has 0 bridgehead atoms. The molecule has 1 saturated heterocycles. The second-order valence-electron chi connectivity index (χ2n) is 3.74. The molecule has 1 fully saturated rings. The Kier molecular flexibility index (Phi) is 2.60. The van der Waals surface area contributed by atoms with Gasteiger partial charge in [-0.3, -0.25) is 0 Å². The third kappa shape index (κ3) is 2.10. The molecule has 4 heteroatoms. The first-order valence-electron chi connectivity index (χ1n) is 4.93. The first kappa shape index (κ1) is 9.98. The number of aliphatic hydroxyl groups is 1. The van der Waals surface area contributed by atoms with Crippen molar-refractivity contribution in [3.05, 3.63) is 29.8 Å². The van der Waals surface area contributed by atoms with Crippen LogP contribution < -0.4 is 4.90 Å². The van der Waals surface area contributed by atoms with E-state index in [0.717, 1.165) is 18.7 Å². The highest BCUT2D eigenvalue weighted by atomic mass is 16.4. The summed E-state index contributed by atoms with van der Waals surface area (Å²) in [4.78, 5) is 12.8. The number of carbonyl (C=O) groups is 1. The number of rotatable bonds is 2. The van der Waals surface area contributed by atoms with Gasteiger partial charge in [0.1, 0.15) is 0 Å². The number of β-amino-alcohol motifs (C(OH)–C–C–N with tert-alkyl or cyclic N) is 1. The van der Waals surface area contributed by atoms with E-state index in [4.69, 9.17) is 5.11 Å². The fourth-order valence-corrected chi connectivity index (χ4v) is 1.81. The molecule has 2 rings (SSSR count). The van der Waals surface area contributed by atoms with Crippen molar-refractivity contribution in [3.63, 3.8) is 0 Å². The van der Waals surface area contributed by atoms with Gasteiger partial charge in [-0.15, -0.1) is 0 Å². The molecule has 0 spiro atoms. The molecule has 0 amide bonds. The van der Waals surface area contributed by atoms with Crippen LogP contribution in [0.15, 0.2) is 24.3 Å². The standard InChI is InChI=1S/C11H13NO3/c13-10-4-5-12(7-10)9-3-1-2-8(6-9)11(14)15/h1-3,6,10,13H,4-5,7H2,(H,14,15). The average molecular weight is 207 g/mol. The largest absolute Gasteiger partial charge is 0.478 e. The van der Waals surface area contributed by atoms with E-state index in [2.05, 4.69) is 0 Å². The number of hydrogen-bond acceptors (Lipinski definition) is 3. The Hall–Kier alpha value is -1.55. The van der Waals surface area contributed by atoms with E-state index in [9.17, 15) is 9.90 Å². The minimum Gasteiger partial charge on any atom is -0.478 e. The van der Waals surface area contributed by atoms with Crippen LogP contribution in [0.5, 0.6) is 0 Å². The Morgan fingerprint density at radius 1 is 1.47 bits per heavy atom. The SMILES string of the molecule is O=C(O)c1cccc(N2CCC(O)C2)c1. The van der Waals surface area contributed by atoms with Gasteiger partial charge in [0, 0.05) is 18.8 Å². The lowest BCUT2D eigenvalue weighted by Gasteiger charge is -2.17. The summed E-state index contributed by atoms with van der Waals surface area (Å²) in [7, 11) is 0. The normalized spacial score (nSPS) is 20.6. The monoisotopic (exact) mass is 207 g/mol. The van der Waals surface area contributed by atoms with E-state index in [1.807, 2.05) is 11.0 Å². The third-order valence-corrected chi connectivity index (χ3v) is 2.62. The van der Waals surface area contributed by atoms with Crippen LogP contribution in [0, 0.1) is 0 Å². The summed E-state index contributed by atoms with van der Waals surface area (Å²) in [6.45, 7) is 1.37. The highest BCUT2D eigenvalue weighted by Gasteiger charge is 2.20. The smallest absolute Gasteiger partial charge is 0.335 e. The van der Waals surface area contributed by atoms with Crippen LogP contribution in [-0.2, 0) is 0 Å². The molecule has 15 heavy (non-hydrogen) atoms. The summed E-state index contributed by atoms with van der Waals surface area (Å²) >= 11 is 0. The zero-order chi connectivity index (χ0) is 10.8. The van der Waals surface area contributed by atoms with Gasteiger partial charge in [0.15, 0.2) is 0 Å². The van der Waals surface area contributed by atoms with E-state index in [1.165, 1.54) is 0 Å². The zero-order valence-corrected chi connectivity index (χ0v) is 8.26. The number of aliphatic hydroxyl groups excluding tert-OH is 1. The van der Waals surface area contributed by atoms with Crippen molar-refractivity contribution in [2.75, 3.05) is 18.0 Å². The predicted octanol–water partition coefficient (Wildman–Crippen LogP) is 0.956. The molecule has 0 saturated carbocycles. The van der Waals surface area contributed by atoms with Crippen molar-refractivity contribution in [3.8, 4) is 0 Å². The van der Waals surface area contributed by atoms with Crippen molar-refractivity contribution < 1.29 is 15.0 Å². The Morgan fingerprint density at radius 3 is 2.87 bits per heavy atom. The maximum absolute atomic E-state index is 10.8. The highest BCUT2D eigenvalue weighted by Crippen LogP contribution is 2.21. The van der Waals surface area contributed by atoms with Crippen molar-refractivity contribution in [1.82, 2.24) is 0 Å². The quantitative estimate of drug-likeness (QED) is 0.758. The summed E-state index contributed by atoms with van der Waals surface area (Å²) in [6.07, 6.45) is 0.454. The van der Waals surface area contributed by atoms with E-state index in [0.29, 0.717) is 6.54 Å². The van der Waals surface area contributed by atoms with Gasteiger partial charge in [-0.25, -0.2) is 4.79 Å². The van der Waals surface area contributed by atoms with Gasteiger partial charge in [0.25, 0.3) is 0 Å². The zero-order valence-electron chi connectivity index (χ0n) is 8.26. The summed E-state index contributed by atoms with van der Waals surface area (Å²) in [5, 5.41) is 18.2. The van der Waals surface area contributed by atoms with Crippen LogP contribution in [0.3, 0.4) is 0 Å². The molecule has 1 unspecified atom stereocenters. The number of hydrogen-bond donors (Lipinski definition) is 2. The van der Waals surface area contributed by atoms with E-state index < -0.39 is 5.97 Å². The minimum absolute atomic E-state index is 0.286. The molecule has 1 heterocycles. The summed E-state index contributed by atoms with van der Waals surface area (Å²) in [5.74, 6) is -0.920. The van der Waals surface area contributed by atoms with E-state index >= 15 is 0 Å².